The molecule has 10 aromatic carbocycles. The molecule has 0 saturated carbocycles. The van der Waals surface area contributed by atoms with Gasteiger partial charge in [0.15, 0.2) is 0 Å². The summed E-state index contributed by atoms with van der Waals surface area (Å²) in [5, 5.41) is 5.23. The van der Waals surface area contributed by atoms with Crippen LogP contribution in [0, 0.1) is 0 Å². The Bertz CT molecular complexity index is 3550. The van der Waals surface area contributed by atoms with Gasteiger partial charge in [-0.2, -0.15) is 0 Å². The molecule has 0 amide bonds. The molecule has 0 bridgehead atoms. The largest absolute Gasteiger partial charge is 0.310 e. The van der Waals surface area contributed by atoms with Gasteiger partial charge in [0.05, 0.1) is 11.1 Å². The van der Waals surface area contributed by atoms with Gasteiger partial charge < -0.3 is 4.90 Å². The average molecular weight is 850 g/mol. The highest BCUT2D eigenvalue weighted by Crippen LogP contribution is 2.59. The molecular weight excluding hydrogens is 811 g/mol. The second-order valence-electron chi connectivity index (χ2n) is 16.8. The zero-order valence-electron chi connectivity index (χ0n) is 34.8. The monoisotopic (exact) mass is 849 g/mol. The van der Waals surface area contributed by atoms with E-state index in [4.69, 9.17) is 0 Å². The molecule has 0 aliphatic heterocycles. The van der Waals surface area contributed by atoms with E-state index in [0.29, 0.717) is 0 Å². The smallest absolute Gasteiger partial charge is 0.0714 e. The first-order valence-corrected chi connectivity index (χ1v) is 23.5. The summed E-state index contributed by atoms with van der Waals surface area (Å²) >= 11 is 3.73. The fraction of sp³-hybridized carbons (Fsp3) is 0.0164. The first-order valence-electron chi connectivity index (χ1n) is 21.9. The van der Waals surface area contributed by atoms with Gasteiger partial charge in [0, 0.05) is 57.3 Å². The van der Waals surface area contributed by atoms with Crippen LogP contribution >= 0.6 is 22.7 Å². The Morgan fingerprint density at radius 2 is 0.766 bits per heavy atom. The van der Waals surface area contributed by atoms with Gasteiger partial charge in [-0.25, -0.2) is 0 Å². The van der Waals surface area contributed by atoms with Crippen molar-refractivity contribution in [1.29, 1.82) is 0 Å². The van der Waals surface area contributed by atoms with Crippen LogP contribution in [-0.4, -0.2) is 0 Å². The molecule has 0 fully saturated rings. The van der Waals surface area contributed by atoms with Crippen LogP contribution in [0.25, 0.3) is 73.7 Å². The second-order valence-corrected chi connectivity index (χ2v) is 18.9. The molecule has 1 aliphatic carbocycles. The quantitative estimate of drug-likeness (QED) is 0.154. The summed E-state index contributed by atoms with van der Waals surface area (Å²) in [4.78, 5) is 2.51. The van der Waals surface area contributed by atoms with Gasteiger partial charge in [-0.3, -0.25) is 0 Å². The van der Waals surface area contributed by atoms with E-state index in [-0.39, 0.29) is 0 Å². The van der Waals surface area contributed by atoms with E-state index in [1.54, 1.807) is 0 Å². The predicted molar refractivity (Wildman–Crippen MR) is 275 cm³/mol. The number of rotatable bonds is 7. The predicted octanol–water partition coefficient (Wildman–Crippen LogP) is 17.6. The van der Waals surface area contributed by atoms with Gasteiger partial charge in [-0.15, -0.1) is 22.7 Å². The van der Waals surface area contributed by atoms with Crippen molar-refractivity contribution in [3.8, 4) is 33.4 Å². The lowest BCUT2D eigenvalue weighted by Gasteiger charge is -2.34. The second kappa shape index (κ2) is 14.8. The summed E-state index contributed by atoms with van der Waals surface area (Å²) in [7, 11) is 0. The summed E-state index contributed by atoms with van der Waals surface area (Å²) in [6, 6.07) is 88.0. The Morgan fingerprint density at radius 1 is 0.312 bits per heavy atom. The van der Waals surface area contributed by atoms with Gasteiger partial charge in [0.2, 0.25) is 0 Å². The van der Waals surface area contributed by atoms with Gasteiger partial charge in [-0.1, -0.05) is 170 Å². The maximum atomic E-state index is 2.51. The molecule has 1 aliphatic rings. The summed E-state index contributed by atoms with van der Waals surface area (Å²) in [5.41, 5.74) is 15.2. The van der Waals surface area contributed by atoms with E-state index in [9.17, 15) is 0 Å². The van der Waals surface area contributed by atoms with Crippen molar-refractivity contribution in [3.63, 3.8) is 0 Å². The first-order chi connectivity index (χ1) is 31.7. The van der Waals surface area contributed by atoms with E-state index >= 15 is 0 Å². The fourth-order valence-corrected chi connectivity index (χ4v) is 12.7. The SMILES string of the molecule is c1ccc(C2(c3ccccc3)c3ccccc3-c3c(N(c4cccc(-c5ccc6sc7ccccc7c6c5)c4)c4cccc(-c5ccc6sc7ccccc7c6c5)c4)cccc32)cc1. The number of nitrogens with zero attached hydrogens (tertiary/aromatic N) is 1. The molecule has 13 rings (SSSR count). The molecule has 64 heavy (non-hydrogen) atoms. The van der Waals surface area contributed by atoms with E-state index in [1.165, 1.54) is 96.0 Å². The minimum Gasteiger partial charge on any atom is -0.310 e. The molecule has 0 atom stereocenters. The average Bonchev–Trinajstić information content (AvgIpc) is 4.03. The summed E-state index contributed by atoms with van der Waals surface area (Å²) in [5.74, 6) is 0. The van der Waals surface area contributed by atoms with E-state index in [0.717, 1.165) is 17.1 Å². The number of fused-ring (bicyclic) bond motifs is 9. The van der Waals surface area contributed by atoms with Gasteiger partial charge >= 0.3 is 0 Å². The van der Waals surface area contributed by atoms with Crippen LogP contribution in [0.2, 0.25) is 0 Å². The molecule has 0 saturated heterocycles. The van der Waals surface area contributed by atoms with Gasteiger partial charge in [0.1, 0.15) is 0 Å². The fourth-order valence-electron chi connectivity index (χ4n) is 10.5. The minimum atomic E-state index is -0.517. The maximum Gasteiger partial charge on any atom is 0.0714 e. The normalized spacial score (nSPS) is 12.8. The van der Waals surface area contributed by atoms with Crippen molar-refractivity contribution in [1.82, 2.24) is 0 Å². The lowest BCUT2D eigenvalue weighted by Crippen LogP contribution is -2.28. The van der Waals surface area contributed by atoms with Crippen LogP contribution in [0.1, 0.15) is 22.3 Å². The summed E-state index contributed by atoms with van der Waals surface area (Å²) < 4.78 is 5.26. The van der Waals surface area contributed by atoms with Crippen molar-refractivity contribution >= 4 is 80.1 Å². The zero-order chi connectivity index (χ0) is 42.2. The molecule has 0 N–H and O–H groups in total. The number of anilines is 3. The van der Waals surface area contributed by atoms with E-state index < -0.39 is 5.41 Å². The highest BCUT2D eigenvalue weighted by molar-refractivity contribution is 7.26. The van der Waals surface area contributed by atoms with Crippen molar-refractivity contribution in [3.05, 3.63) is 259 Å². The summed E-state index contributed by atoms with van der Waals surface area (Å²) in [6.07, 6.45) is 0. The van der Waals surface area contributed by atoms with Gasteiger partial charge in [-0.05, 0) is 117 Å². The molecule has 3 heteroatoms. The van der Waals surface area contributed by atoms with E-state index in [2.05, 4.69) is 241 Å². The van der Waals surface area contributed by atoms with Gasteiger partial charge in [0.25, 0.3) is 0 Å². The Balaban J connectivity index is 1.05. The molecule has 2 aromatic heterocycles. The molecule has 0 radical (unpaired) electrons. The first kappa shape index (κ1) is 37.0. The molecule has 0 spiro atoms. The van der Waals surface area contributed by atoms with Crippen LogP contribution in [0.15, 0.2) is 237 Å². The lowest BCUT2D eigenvalue weighted by atomic mass is 9.68. The van der Waals surface area contributed by atoms with Crippen molar-refractivity contribution < 1.29 is 0 Å². The zero-order valence-corrected chi connectivity index (χ0v) is 36.4. The van der Waals surface area contributed by atoms with E-state index in [1.807, 2.05) is 22.7 Å². The molecular formula is C61H39NS2. The number of thiophene rings is 2. The van der Waals surface area contributed by atoms with Crippen LogP contribution in [0.5, 0.6) is 0 Å². The maximum absolute atomic E-state index is 2.51. The van der Waals surface area contributed by atoms with Crippen molar-refractivity contribution in [2.75, 3.05) is 4.90 Å². The Kier molecular flexibility index (Phi) is 8.55. The third kappa shape index (κ3) is 5.68. The molecule has 0 unspecified atom stereocenters. The molecule has 300 valence electrons. The number of benzene rings is 10. The van der Waals surface area contributed by atoms with Crippen LogP contribution in [0.3, 0.4) is 0 Å². The standard InChI is InChI=1S/C61H39NS2/c1-3-18-44(19-4-1)61(45-20-5-2-6-21-45)53-27-10-7-26-50(53)60-54(61)28-15-29-55(60)62(46-22-13-16-40(36-46)42-32-34-58-51(38-42)48-24-8-11-30-56(48)63-58)47-23-14-17-41(37-47)43-33-35-59-52(39-43)49-25-9-12-31-57(49)64-59/h1-39H. The Labute approximate surface area is 380 Å². The Morgan fingerprint density at radius 3 is 1.34 bits per heavy atom. The lowest BCUT2D eigenvalue weighted by molar-refractivity contribution is 0.768. The Hall–Kier alpha value is -7.56. The van der Waals surface area contributed by atoms with Crippen molar-refractivity contribution in [2.24, 2.45) is 0 Å². The minimum absolute atomic E-state index is 0.517. The molecule has 2 heterocycles. The molecule has 1 nitrogen and oxygen atoms in total. The third-order valence-electron chi connectivity index (χ3n) is 13.3. The highest BCUT2D eigenvalue weighted by atomic mass is 32.1. The van der Waals surface area contributed by atoms with Crippen LogP contribution in [0.4, 0.5) is 17.1 Å². The number of hydrogen-bond donors (Lipinski definition) is 0. The topological polar surface area (TPSA) is 3.24 Å². The third-order valence-corrected chi connectivity index (χ3v) is 15.6. The highest BCUT2D eigenvalue weighted by Gasteiger charge is 2.47. The summed E-state index contributed by atoms with van der Waals surface area (Å²) in [6.45, 7) is 0. The molecule has 12 aromatic rings. The van der Waals surface area contributed by atoms with Crippen LogP contribution in [-0.2, 0) is 5.41 Å². The van der Waals surface area contributed by atoms with Crippen LogP contribution < -0.4 is 4.90 Å². The van der Waals surface area contributed by atoms with Crippen molar-refractivity contribution in [2.45, 2.75) is 5.41 Å². The number of hydrogen-bond acceptors (Lipinski definition) is 3.